The average Bonchev–Trinajstić information content (AvgIpc) is 3.40. The molecule has 3 aromatic heterocycles. The van der Waals surface area contributed by atoms with Crippen molar-refractivity contribution >= 4 is 29.0 Å². The maximum Gasteiger partial charge on any atom is 0.213 e. The van der Waals surface area contributed by atoms with Crippen LogP contribution in [0.2, 0.25) is 0 Å². The third kappa shape index (κ3) is 3.86. The molecule has 0 saturated heterocycles. The average molecular weight is 440 g/mol. The summed E-state index contributed by atoms with van der Waals surface area (Å²) in [5.74, 6) is 0.917. The number of imidazole rings is 1. The molecule has 0 amide bonds. The van der Waals surface area contributed by atoms with Crippen LogP contribution >= 0.6 is 0 Å². The lowest BCUT2D eigenvalue weighted by Crippen LogP contribution is -2.20. The van der Waals surface area contributed by atoms with Crippen molar-refractivity contribution in [2.24, 2.45) is 4.99 Å². The van der Waals surface area contributed by atoms with Gasteiger partial charge in [0.05, 0.1) is 30.2 Å². The summed E-state index contributed by atoms with van der Waals surface area (Å²) in [6.07, 6.45) is 10.8. The fraction of sp³-hybridized carbons (Fsp3) is 0.296. The predicted octanol–water partition coefficient (Wildman–Crippen LogP) is 6.27. The van der Waals surface area contributed by atoms with Crippen molar-refractivity contribution in [3.8, 4) is 17.0 Å². The van der Waals surface area contributed by atoms with E-state index in [9.17, 15) is 0 Å². The van der Waals surface area contributed by atoms with E-state index in [0.717, 1.165) is 39.8 Å². The Balaban J connectivity index is 1.68. The Morgan fingerprint density at radius 3 is 2.73 bits per heavy atom. The number of benzene rings is 1. The molecule has 4 aromatic rings. The third-order valence-corrected chi connectivity index (χ3v) is 6.24. The maximum atomic E-state index is 5.33. The van der Waals surface area contributed by atoms with E-state index in [2.05, 4.69) is 77.7 Å². The number of H-pyrrole nitrogens is 1. The number of aliphatic imine (C=N–C) groups is 1. The molecule has 4 heterocycles. The van der Waals surface area contributed by atoms with Crippen LogP contribution in [0.15, 0.2) is 54.0 Å². The van der Waals surface area contributed by atoms with Crippen LogP contribution in [-0.2, 0) is 5.54 Å². The number of hydrogen-bond acceptors (Lipinski definition) is 4. The molecule has 1 aliphatic rings. The molecule has 1 unspecified atom stereocenters. The molecule has 0 fully saturated rings. The van der Waals surface area contributed by atoms with Gasteiger partial charge in [0.1, 0.15) is 0 Å². The van der Waals surface area contributed by atoms with Crippen molar-refractivity contribution in [3.63, 3.8) is 0 Å². The Kier molecular flexibility index (Phi) is 5.16. The fourth-order valence-corrected chi connectivity index (χ4v) is 4.40. The van der Waals surface area contributed by atoms with Crippen molar-refractivity contribution in [2.75, 3.05) is 7.11 Å². The van der Waals surface area contributed by atoms with Gasteiger partial charge in [0.25, 0.3) is 0 Å². The van der Waals surface area contributed by atoms with E-state index in [0.29, 0.717) is 11.8 Å². The molecule has 1 N–H and O–H groups in total. The Labute approximate surface area is 194 Å². The Hall–Kier alpha value is -3.67. The van der Waals surface area contributed by atoms with Crippen molar-refractivity contribution in [2.45, 2.75) is 45.6 Å². The summed E-state index contributed by atoms with van der Waals surface area (Å²) < 4.78 is 7.57. The SMILES string of the molecule is COc1cc(/C2=C/c3c(-c4ccc5ncn(C(C)(C)C)c5c4)c[nH]c3C(C)CC=N2)ccn1. The number of aromatic amines is 1. The first-order valence-corrected chi connectivity index (χ1v) is 11.3. The van der Waals surface area contributed by atoms with Gasteiger partial charge in [-0.3, -0.25) is 4.99 Å². The molecule has 0 aliphatic carbocycles. The first kappa shape index (κ1) is 21.2. The normalized spacial score (nSPS) is 17.8. The lowest BCUT2D eigenvalue weighted by Gasteiger charge is -2.21. The summed E-state index contributed by atoms with van der Waals surface area (Å²) in [5, 5.41) is 0. The highest BCUT2D eigenvalue weighted by Gasteiger charge is 2.21. The summed E-state index contributed by atoms with van der Waals surface area (Å²) in [4.78, 5) is 17.2. The van der Waals surface area contributed by atoms with Crippen LogP contribution in [-0.4, -0.2) is 32.8 Å². The van der Waals surface area contributed by atoms with Crippen LogP contribution in [0.1, 0.15) is 56.9 Å². The molecule has 5 rings (SSSR count). The van der Waals surface area contributed by atoms with Crippen LogP contribution < -0.4 is 4.74 Å². The quantitative estimate of drug-likeness (QED) is 0.409. The lowest BCUT2D eigenvalue weighted by atomic mass is 9.93. The second-order valence-corrected chi connectivity index (χ2v) is 9.58. The predicted molar refractivity (Wildman–Crippen MR) is 135 cm³/mol. The lowest BCUT2D eigenvalue weighted by molar-refractivity contribution is 0.398. The molecular formula is C27H29N5O. The highest BCUT2D eigenvalue weighted by molar-refractivity contribution is 5.93. The smallest absolute Gasteiger partial charge is 0.213 e. The van der Waals surface area contributed by atoms with Gasteiger partial charge in [0, 0.05) is 58.5 Å². The number of nitrogens with one attached hydrogen (secondary N) is 1. The molecule has 1 aromatic carbocycles. The van der Waals surface area contributed by atoms with Gasteiger partial charge < -0.3 is 14.3 Å². The number of methoxy groups -OCH3 is 1. The minimum atomic E-state index is -0.0446. The van der Waals surface area contributed by atoms with E-state index in [-0.39, 0.29) is 5.54 Å². The zero-order valence-corrected chi connectivity index (χ0v) is 19.8. The van der Waals surface area contributed by atoms with Crippen molar-refractivity contribution in [3.05, 3.63) is 65.9 Å². The van der Waals surface area contributed by atoms with Gasteiger partial charge in [-0.1, -0.05) is 13.0 Å². The van der Waals surface area contributed by atoms with Crippen LogP contribution in [0.3, 0.4) is 0 Å². The number of ether oxygens (including phenoxy) is 1. The van der Waals surface area contributed by atoms with Gasteiger partial charge in [-0.15, -0.1) is 0 Å². The van der Waals surface area contributed by atoms with E-state index < -0.39 is 0 Å². The zero-order valence-electron chi connectivity index (χ0n) is 19.8. The summed E-state index contributed by atoms with van der Waals surface area (Å²) in [6.45, 7) is 8.83. The van der Waals surface area contributed by atoms with E-state index in [4.69, 9.17) is 9.73 Å². The van der Waals surface area contributed by atoms with E-state index in [1.165, 1.54) is 11.3 Å². The molecule has 33 heavy (non-hydrogen) atoms. The van der Waals surface area contributed by atoms with Gasteiger partial charge in [-0.25, -0.2) is 9.97 Å². The third-order valence-electron chi connectivity index (χ3n) is 6.24. The molecule has 0 bridgehead atoms. The summed E-state index contributed by atoms with van der Waals surface area (Å²) in [7, 11) is 1.63. The van der Waals surface area contributed by atoms with Crippen molar-refractivity contribution < 1.29 is 4.74 Å². The van der Waals surface area contributed by atoms with Crippen molar-refractivity contribution in [1.29, 1.82) is 0 Å². The Morgan fingerprint density at radius 1 is 1.09 bits per heavy atom. The standard InChI is InChI=1S/C27H29N5O/c1-17-8-10-28-23(19-9-11-29-25(13-19)33-5)14-20-21(15-30-26(17)20)18-6-7-22-24(12-18)32(16-31-22)27(2,3)4/h6-7,9-17,30H,8H2,1-5H3/b23-14-,28-10?. The van der Waals surface area contributed by atoms with Crippen LogP contribution in [0.5, 0.6) is 5.88 Å². The van der Waals surface area contributed by atoms with E-state index in [1.54, 1.807) is 13.3 Å². The topological polar surface area (TPSA) is 68.1 Å². The molecule has 6 nitrogen and oxygen atoms in total. The molecule has 0 saturated carbocycles. The van der Waals surface area contributed by atoms with Crippen LogP contribution in [0, 0.1) is 0 Å². The zero-order chi connectivity index (χ0) is 23.2. The monoisotopic (exact) mass is 439 g/mol. The second-order valence-electron chi connectivity index (χ2n) is 9.58. The summed E-state index contributed by atoms with van der Waals surface area (Å²) >= 11 is 0. The van der Waals surface area contributed by atoms with Gasteiger partial charge >= 0.3 is 0 Å². The first-order chi connectivity index (χ1) is 15.8. The Bertz CT molecular complexity index is 1380. The molecule has 1 atom stereocenters. The largest absolute Gasteiger partial charge is 0.481 e. The van der Waals surface area contributed by atoms with E-state index >= 15 is 0 Å². The van der Waals surface area contributed by atoms with Crippen LogP contribution in [0.4, 0.5) is 0 Å². The second kappa shape index (κ2) is 8.03. The number of rotatable bonds is 3. The summed E-state index contributed by atoms with van der Waals surface area (Å²) in [5.41, 5.74) is 8.68. The minimum Gasteiger partial charge on any atom is -0.481 e. The van der Waals surface area contributed by atoms with Gasteiger partial charge in [0.15, 0.2) is 0 Å². The molecule has 0 radical (unpaired) electrons. The summed E-state index contributed by atoms with van der Waals surface area (Å²) in [6, 6.07) is 10.4. The Morgan fingerprint density at radius 2 is 1.94 bits per heavy atom. The minimum absolute atomic E-state index is 0.0446. The highest BCUT2D eigenvalue weighted by atomic mass is 16.5. The number of fused-ring (bicyclic) bond motifs is 2. The van der Waals surface area contributed by atoms with Gasteiger partial charge in [-0.05, 0) is 57.0 Å². The van der Waals surface area contributed by atoms with Gasteiger partial charge in [-0.2, -0.15) is 0 Å². The highest BCUT2D eigenvalue weighted by Crippen LogP contribution is 2.37. The molecule has 0 spiro atoms. The van der Waals surface area contributed by atoms with Crippen molar-refractivity contribution in [1.82, 2.24) is 19.5 Å². The number of hydrogen-bond donors (Lipinski definition) is 1. The van der Waals surface area contributed by atoms with E-state index in [1.807, 2.05) is 24.7 Å². The van der Waals surface area contributed by atoms with Gasteiger partial charge in [0.2, 0.25) is 5.88 Å². The number of aromatic nitrogens is 4. The first-order valence-electron chi connectivity index (χ1n) is 11.3. The van der Waals surface area contributed by atoms with Crippen LogP contribution in [0.25, 0.3) is 33.9 Å². The maximum absolute atomic E-state index is 5.33. The molecular weight excluding hydrogens is 410 g/mol. The molecule has 6 heteroatoms. The number of nitrogens with zero attached hydrogens (tertiary/aromatic N) is 4. The molecule has 1 aliphatic heterocycles. The fourth-order valence-electron chi connectivity index (χ4n) is 4.40. The molecule has 168 valence electrons. The number of pyridine rings is 1.